The number of nitrogens with zero attached hydrogens (tertiary/aromatic N) is 1. The van der Waals surface area contributed by atoms with Crippen molar-refractivity contribution in [3.8, 4) is 17.2 Å². The molecular formula is C23H29N3O5. The zero-order chi connectivity index (χ0) is 23.0. The molecule has 0 aliphatic carbocycles. The van der Waals surface area contributed by atoms with Crippen LogP contribution in [0.5, 0.6) is 17.2 Å². The van der Waals surface area contributed by atoms with E-state index in [-0.39, 0.29) is 12.5 Å². The average Bonchev–Trinajstić information content (AvgIpc) is 2.77. The second kappa shape index (κ2) is 11.0. The molecule has 166 valence electrons. The summed E-state index contributed by atoms with van der Waals surface area (Å²) in [6.45, 7) is 5.89. The second-order valence-electron chi connectivity index (χ2n) is 7.15. The van der Waals surface area contributed by atoms with Gasteiger partial charge in [-0.1, -0.05) is 13.8 Å². The summed E-state index contributed by atoms with van der Waals surface area (Å²) in [7, 11) is 4.64. The van der Waals surface area contributed by atoms with Gasteiger partial charge in [0.15, 0.2) is 11.5 Å². The minimum atomic E-state index is -0.444. The first kappa shape index (κ1) is 23.7. The van der Waals surface area contributed by atoms with Crippen LogP contribution in [-0.2, 0) is 4.79 Å². The maximum absolute atomic E-state index is 12.3. The SMILES string of the molecule is COc1ccc(C(=O)NCC(=O)N/N=C/c2cc(C(C)C)c(OC)cc2C)cc1OC. The number of benzene rings is 2. The van der Waals surface area contributed by atoms with E-state index in [1.807, 2.05) is 19.1 Å². The van der Waals surface area contributed by atoms with E-state index >= 15 is 0 Å². The van der Waals surface area contributed by atoms with Crippen molar-refractivity contribution in [2.24, 2.45) is 5.10 Å². The van der Waals surface area contributed by atoms with Crippen LogP contribution in [0.1, 0.15) is 46.8 Å². The van der Waals surface area contributed by atoms with Gasteiger partial charge in [0.1, 0.15) is 5.75 Å². The number of carbonyl (C=O) groups is 2. The molecule has 8 nitrogen and oxygen atoms in total. The number of ether oxygens (including phenoxy) is 3. The van der Waals surface area contributed by atoms with Crippen LogP contribution in [0, 0.1) is 6.92 Å². The molecule has 0 heterocycles. The zero-order valence-corrected chi connectivity index (χ0v) is 18.7. The number of amides is 2. The lowest BCUT2D eigenvalue weighted by molar-refractivity contribution is -0.120. The third-order valence-electron chi connectivity index (χ3n) is 4.69. The van der Waals surface area contributed by atoms with Crippen molar-refractivity contribution < 1.29 is 23.8 Å². The van der Waals surface area contributed by atoms with Gasteiger partial charge in [-0.15, -0.1) is 0 Å². The Kier molecular flexibility index (Phi) is 8.43. The highest BCUT2D eigenvalue weighted by atomic mass is 16.5. The Balaban J connectivity index is 1.96. The van der Waals surface area contributed by atoms with Gasteiger partial charge < -0.3 is 19.5 Å². The summed E-state index contributed by atoms with van der Waals surface area (Å²) in [5.74, 6) is 1.20. The molecule has 0 saturated carbocycles. The van der Waals surface area contributed by atoms with E-state index in [0.717, 1.165) is 22.4 Å². The summed E-state index contributed by atoms with van der Waals surface area (Å²) in [4.78, 5) is 24.3. The molecule has 2 rings (SSSR count). The van der Waals surface area contributed by atoms with Crippen molar-refractivity contribution in [1.29, 1.82) is 0 Å². The van der Waals surface area contributed by atoms with Gasteiger partial charge in [0.05, 0.1) is 34.1 Å². The fourth-order valence-electron chi connectivity index (χ4n) is 2.94. The molecule has 0 saturated heterocycles. The van der Waals surface area contributed by atoms with Crippen LogP contribution in [0.2, 0.25) is 0 Å². The van der Waals surface area contributed by atoms with Crippen LogP contribution in [0.15, 0.2) is 35.4 Å². The van der Waals surface area contributed by atoms with Crippen LogP contribution >= 0.6 is 0 Å². The van der Waals surface area contributed by atoms with Crippen LogP contribution in [-0.4, -0.2) is 45.9 Å². The molecule has 0 aliphatic rings. The van der Waals surface area contributed by atoms with Gasteiger partial charge in [0.25, 0.3) is 11.8 Å². The number of carbonyl (C=O) groups excluding carboxylic acids is 2. The Morgan fingerprint density at radius 2 is 1.68 bits per heavy atom. The molecule has 0 spiro atoms. The molecule has 0 aromatic heterocycles. The fraction of sp³-hybridized carbons (Fsp3) is 0.348. The third kappa shape index (κ3) is 6.21. The van der Waals surface area contributed by atoms with E-state index in [9.17, 15) is 9.59 Å². The fourth-order valence-corrected chi connectivity index (χ4v) is 2.94. The predicted octanol–water partition coefficient (Wildman–Crippen LogP) is 3.02. The van der Waals surface area contributed by atoms with Gasteiger partial charge in [-0.3, -0.25) is 9.59 Å². The molecule has 0 unspecified atom stereocenters. The van der Waals surface area contributed by atoms with E-state index < -0.39 is 11.8 Å². The third-order valence-corrected chi connectivity index (χ3v) is 4.69. The Morgan fingerprint density at radius 1 is 1.00 bits per heavy atom. The predicted molar refractivity (Wildman–Crippen MR) is 119 cm³/mol. The Bertz CT molecular complexity index is 970. The molecule has 2 N–H and O–H groups in total. The number of hydrazone groups is 1. The Hall–Kier alpha value is -3.55. The van der Waals surface area contributed by atoms with Gasteiger partial charge in [-0.2, -0.15) is 5.10 Å². The van der Waals surface area contributed by atoms with Gasteiger partial charge in [-0.25, -0.2) is 5.43 Å². The number of nitrogens with one attached hydrogen (secondary N) is 2. The first-order valence-electron chi connectivity index (χ1n) is 9.81. The largest absolute Gasteiger partial charge is 0.496 e. The van der Waals surface area contributed by atoms with Crippen LogP contribution in [0.25, 0.3) is 0 Å². The Morgan fingerprint density at radius 3 is 2.29 bits per heavy atom. The lowest BCUT2D eigenvalue weighted by Crippen LogP contribution is -2.34. The van der Waals surface area contributed by atoms with Crippen LogP contribution in [0.4, 0.5) is 0 Å². The summed E-state index contributed by atoms with van der Waals surface area (Å²) in [5.41, 5.74) is 5.68. The number of hydrogen-bond acceptors (Lipinski definition) is 6. The molecular weight excluding hydrogens is 398 g/mol. The highest BCUT2D eigenvalue weighted by Gasteiger charge is 2.12. The van der Waals surface area contributed by atoms with Crippen molar-refractivity contribution in [3.05, 3.63) is 52.6 Å². The molecule has 2 aromatic rings. The molecule has 0 bridgehead atoms. The van der Waals surface area contributed by atoms with Crippen molar-refractivity contribution in [2.75, 3.05) is 27.9 Å². The van der Waals surface area contributed by atoms with E-state index in [4.69, 9.17) is 14.2 Å². The molecule has 0 fully saturated rings. The minimum Gasteiger partial charge on any atom is -0.496 e. The number of hydrogen-bond donors (Lipinski definition) is 2. The van der Waals surface area contributed by atoms with E-state index in [0.29, 0.717) is 17.1 Å². The van der Waals surface area contributed by atoms with Crippen molar-refractivity contribution in [1.82, 2.24) is 10.7 Å². The number of aryl methyl sites for hydroxylation is 1. The number of rotatable bonds is 9. The van der Waals surface area contributed by atoms with Crippen molar-refractivity contribution in [2.45, 2.75) is 26.7 Å². The van der Waals surface area contributed by atoms with E-state index in [1.165, 1.54) is 14.2 Å². The molecule has 0 aliphatic heterocycles. The maximum atomic E-state index is 12.3. The maximum Gasteiger partial charge on any atom is 0.259 e. The topological polar surface area (TPSA) is 98.2 Å². The van der Waals surface area contributed by atoms with Gasteiger partial charge in [-0.05, 0) is 59.9 Å². The summed E-state index contributed by atoms with van der Waals surface area (Å²) in [6.07, 6.45) is 1.58. The lowest BCUT2D eigenvalue weighted by Gasteiger charge is -2.14. The molecule has 8 heteroatoms. The second-order valence-corrected chi connectivity index (χ2v) is 7.15. The molecule has 0 atom stereocenters. The summed E-state index contributed by atoms with van der Waals surface area (Å²) < 4.78 is 15.8. The van der Waals surface area contributed by atoms with E-state index in [1.54, 1.807) is 31.5 Å². The molecule has 0 radical (unpaired) electrons. The lowest BCUT2D eigenvalue weighted by atomic mass is 9.97. The summed E-state index contributed by atoms with van der Waals surface area (Å²) in [5, 5.41) is 6.55. The molecule has 31 heavy (non-hydrogen) atoms. The quantitative estimate of drug-likeness (QED) is 0.474. The first-order chi connectivity index (χ1) is 14.8. The van der Waals surface area contributed by atoms with Gasteiger partial charge in [0.2, 0.25) is 0 Å². The monoisotopic (exact) mass is 427 g/mol. The number of methoxy groups -OCH3 is 3. The highest BCUT2D eigenvalue weighted by molar-refractivity contribution is 5.97. The van der Waals surface area contributed by atoms with Crippen LogP contribution in [0.3, 0.4) is 0 Å². The summed E-state index contributed by atoms with van der Waals surface area (Å²) >= 11 is 0. The minimum absolute atomic E-state index is 0.219. The average molecular weight is 428 g/mol. The smallest absolute Gasteiger partial charge is 0.259 e. The standard InChI is InChI=1S/C23H29N3O5/c1-14(2)18-10-17(15(3)9-20(18)30-5)12-25-26-22(27)13-24-23(28)16-7-8-19(29-4)21(11-16)31-6/h7-12,14H,13H2,1-6H3,(H,24,28)(H,26,27)/b25-12+. The van der Waals surface area contributed by atoms with Crippen molar-refractivity contribution in [3.63, 3.8) is 0 Å². The van der Waals surface area contributed by atoms with Crippen LogP contribution < -0.4 is 25.0 Å². The first-order valence-corrected chi connectivity index (χ1v) is 9.81. The molecule has 2 aromatic carbocycles. The van der Waals surface area contributed by atoms with Gasteiger partial charge >= 0.3 is 0 Å². The Labute approximate surface area is 182 Å². The zero-order valence-electron chi connectivity index (χ0n) is 18.7. The summed E-state index contributed by atoms with van der Waals surface area (Å²) in [6, 6.07) is 8.70. The molecule has 2 amide bonds. The highest BCUT2D eigenvalue weighted by Crippen LogP contribution is 2.29. The van der Waals surface area contributed by atoms with Gasteiger partial charge in [0, 0.05) is 5.56 Å². The van der Waals surface area contributed by atoms with Crippen molar-refractivity contribution >= 4 is 18.0 Å². The normalized spacial score (nSPS) is 10.8. The van der Waals surface area contributed by atoms with E-state index in [2.05, 4.69) is 29.7 Å².